The molecule has 0 saturated carbocycles. The first kappa shape index (κ1) is 14.2. The topological polar surface area (TPSA) is 21.3 Å². The van der Waals surface area contributed by atoms with E-state index in [2.05, 4.69) is 26.0 Å². The molecule has 2 rings (SSSR count). The van der Waals surface area contributed by atoms with Gasteiger partial charge < -0.3 is 10.1 Å². The SMILES string of the molecule is FC(F)(F)Oc1ccccc1NCc1cc(Br)cs1. The lowest BCUT2D eigenvalue weighted by Crippen LogP contribution is -2.18. The molecule has 2 nitrogen and oxygen atoms in total. The van der Waals surface area contributed by atoms with Crippen molar-refractivity contribution in [2.75, 3.05) is 5.32 Å². The summed E-state index contributed by atoms with van der Waals surface area (Å²) in [6.07, 6.45) is -4.69. The van der Waals surface area contributed by atoms with Crippen LogP contribution in [0.15, 0.2) is 40.2 Å². The van der Waals surface area contributed by atoms with Crippen LogP contribution in [0.1, 0.15) is 4.88 Å². The Bertz CT molecular complexity index is 556. The van der Waals surface area contributed by atoms with Gasteiger partial charge in [-0.2, -0.15) is 0 Å². The zero-order chi connectivity index (χ0) is 13.9. The largest absolute Gasteiger partial charge is 0.573 e. The number of nitrogens with one attached hydrogen (secondary N) is 1. The fourth-order valence-corrected chi connectivity index (χ4v) is 2.85. The summed E-state index contributed by atoms with van der Waals surface area (Å²) >= 11 is 4.84. The van der Waals surface area contributed by atoms with Crippen molar-refractivity contribution in [2.45, 2.75) is 12.9 Å². The molecule has 1 aromatic carbocycles. The van der Waals surface area contributed by atoms with E-state index in [0.717, 1.165) is 9.35 Å². The molecule has 0 unspecified atom stereocenters. The van der Waals surface area contributed by atoms with Crippen LogP contribution in [0.2, 0.25) is 0 Å². The summed E-state index contributed by atoms with van der Waals surface area (Å²) in [6.45, 7) is 0.439. The Balaban J connectivity index is 2.07. The van der Waals surface area contributed by atoms with Gasteiger partial charge in [0.15, 0.2) is 5.75 Å². The van der Waals surface area contributed by atoms with Gasteiger partial charge in [-0.15, -0.1) is 24.5 Å². The third-order valence-corrected chi connectivity index (χ3v) is 3.89. The first-order chi connectivity index (χ1) is 8.94. The van der Waals surface area contributed by atoms with Gasteiger partial charge in [-0.1, -0.05) is 12.1 Å². The Morgan fingerprint density at radius 1 is 1.26 bits per heavy atom. The molecule has 0 spiro atoms. The summed E-state index contributed by atoms with van der Waals surface area (Å²) in [6, 6.07) is 7.87. The van der Waals surface area contributed by atoms with Gasteiger partial charge in [0.25, 0.3) is 0 Å². The Labute approximate surface area is 120 Å². The molecular weight excluding hydrogens is 343 g/mol. The van der Waals surface area contributed by atoms with Crippen molar-refractivity contribution < 1.29 is 17.9 Å². The van der Waals surface area contributed by atoms with Crippen LogP contribution in [-0.2, 0) is 6.54 Å². The van der Waals surface area contributed by atoms with E-state index in [1.807, 2.05) is 11.4 Å². The van der Waals surface area contributed by atoms with E-state index in [1.54, 1.807) is 12.1 Å². The average Bonchev–Trinajstić information content (AvgIpc) is 2.72. The second-order valence-corrected chi connectivity index (χ2v) is 5.54. The number of hydrogen-bond acceptors (Lipinski definition) is 3. The lowest BCUT2D eigenvalue weighted by atomic mass is 10.3. The van der Waals surface area contributed by atoms with Crippen LogP contribution in [0.25, 0.3) is 0 Å². The Kier molecular flexibility index (Phi) is 4.36. The van der Waals surface area contributed by atoms with Gasteiger partial charge >= 0.3 is 6.36 Å². The second kappa shape index (κ2) is 5.83. The summed E-state index contributed by atoms with van der Waals surface area (Å²) in [4.78, 5) is 1.01. The van der Waals surface area contributed by atoms with Crippen LogP contribution in [0, 0.1) is 0 Å². The molecule has 0 radical (unpaired) electrons. The normalized spacial score (nSPS) is 11.4. The minimum atomic E-state index is -4.69. The predicted molar refractivity (Wildman–Crippen MR) is 72.5 cm³/mol. The number of alkyl halides is 3. The van der Waals surface area contributed by atoms with Crippen molar-refractivity contribution >= 4 is 33.0 Å². The molecule has 0 aliphatic carbocycles. The number of ether oxygens (including phenoxy) is 1. The van der Waals surface area contributed by atoms with E-state index in [4.69, 9.17) is 0 Å². The van der Waals surface area contributed by atoms with E-state index in [1.165, 1.54) is 23.5 Å². The van der Waals surface area contributed by atoms with Gasteiger partial charge in [0.05, 0.1) is 5.69 Å². The van der Waals surface area contributed by atoms with E-state index >= 15 is 0 Å². The number of anilines is 1. The lowest BCUT2D eigenvalue weighted by Gasteiger charge is -2.14. The molecule has 19 heavy (non-hydrogen) atoms. The monoisotopic (exact) mass is 351 g/mol. The van der Waals surface area contributed by atoms with Crippen LogP contribution in [0.3, 0.4) is 0 Å². The number of hydrogen-bond donors (Lipinski definition) is 1. The molecule has 0 atom stereocenters. The highest BCUT2D eigenvalue weighted by molar-refractivity contribution is 9.10. The molecule has 1 N–H and O–H groups in total. The highest BCUT2D eigenvalue weighted by Gasteiger charge is 2.32. The minimum Gasteiger partial charge on any atom is -0.404 e. The van der Waals surface area contributed by atoms with Crippen LogP contribution in [0.5, 0.6) is 5.75 Å². The Morgan fingerprint density at radius 2 is 2.00 bits per heavy atom. The van der Waals surface area contributed by atoms with E-state index < -0.39 is 6.36 Å². The molecule has 0 aliphatic rings. The van der Waals surface area contributed by atoms with E-state index in [-0.39, 0.29) is 5.75 Å². The standard InChI is InChI=1S/C12H9BrF3NOS/c13-8-5-9(19-7-8)6-17-10-3-1-2-4-11(10)18-12(14,15)16/h1-5,7,17H,6H2. The van der Waals surface area contributed by atoms with Crippen molar-refractivity contribution in [3.05, 3.63) is 45.1 Å². The van der Waals surface area contributed by atoms with Crippen molar-refractivity contribution in [1.29, 1.82) is 0 Å². The number of benzene rings is 1. The van der Waals surface area contributed by atoms with Crippen LogP contribution in [-0.4, -0.2) is 6.36 Å². The maximum absolute atomic E-state index is 12.2. The number of rotatable bonds is 4. The van der Waals surface area contributed by atoms with Crippen LogP contribution >= 0.6 is 27.3 Å². The molecule has 102 valence electrons. The minimum absolute atomic E-state index is 0.231. The predicted octanol–water partition coefficient (Wildman–Crippen LogP) is 5.02. The highest BCUT2D eigenvalue weighted by atomic mass is 79.9. The van der Waals surface area contributed by atoms with Crippen molar-refractivity contribution in [1.82, 2.24) is 0 Å². The summed E-state index contributed by atoms with van der Waals surface area (Å²) in [5, 5.41) is 4.84. The van der Waals surface area contributed by atoms with Crippen LogP contribution < -0.4 is 10.1 Å². The summed E-state index contributed by atoms with van der Waals surface area (Å²) in [5.74, 6) is -0.231. The van der Waals surface area contributed by atoms with Gasteiger partial charge in [0.2, 0.25) is 0 Å². The lowest BCUT2D eigenvalue weighted by molar-refractivity contribution is -0.274. The van der Waals surface area contributed by atoms with Crippen molar-refractivity contribution in [3.63, 3.8) is 0 Å². The summed E-state index contributed by atoms with van der Waals surface area (Å²) in [5.41, 5.74) is 0.310. The smallest absolute Gasteiger partial charge is 0.404 e. The molecule has 0 amide bonds. The first-order valence-electron chi connectivity index (χ1n) is 5.25. The van der Waals surface area contributed by atoms with Crippen molar-refractivity contribution in [2.24, 2.45) is 0 Å². The van der Waals surface area contributed by atoms with E-state index in [0.29, 0.717) is 12.2 Å². The Hall–Kier alpha value is -1.21. The molecule has 1 aromatic heterocycles. The average molecular weight is 352 g/mol. The maximum atomic E-state index is 12.2. The molecule has 0 aliphatic heterocycles. The molecule has 7 heteroatoms. The fourth-order valence-electron chi connectivity index (χ4n) is 1.46. The maximum Gasteiger partial charge on any atom is 0.573 e. The highest BCUT2D eigenvalue weighted by Crippen LogP contribution is 2.30. The fraction of sp³-hybridized carbons (Fsp3) is 0.167. The first-order valence-corrected chi connectivity index (χ1v) is 6.93. The summed E-state index contributed by atoms with van der Waals surface area (Å²) in [7, 11) is 0. The third kappa shape index (κ3) is 4.43. The number of para-hydroxylation sites is 2. The molecule has 2 aromatic rings. The van der Waals surface area contributed by atoms with Gasteiger partial charge in [-0.3, -0.25) is 0 Å². The molecule has 0 bridgehead atoms. The zero-order valence-electron chi connectivity index (χ0n) is 9.50. The number of thiophene rings is 1. The van der Waals surface area contributed by atoms with Gasteiger partial charge in [0.1, 0.15) is 0 Å². The zero-order valence-corrected chi connectivity index (χ0v) is 11.9. The van der Waals surface area contributed by atoms with Gasteiger partial charge in [-0.25, -0.2) is 0 Å². The van der Waals surface area contributed by atoms with Crippen LogP contribution in [0.4, 0.5) is 18.9 Å². The summed E-state index contributed by atoms with van der Waals surface area (Å²) < 4.78 is 41.6. The molecule has 1 heterocycles. The van der Waals surface area contributed by atoms with Gasteiger partial charge in [-0.05, 0) is 34.1 Å². The third-order valence-electron chi connectivity index (χ3n) is 2.19. The second-order valence-electron chi connectivity index (χ2n) is 3.63. The van der Waals surface area contributed by atoms with E-state index in [9.17, 15) is 13.2 Å². The molecular formula is C12H9BrF3NOS. The molecule has 0 fully saturated rings. The van der Waals surface area contributed by atoms with Crippen molar-refractivity contribution in [3.8, 4) is 5.75 Å². The Morgan fingerprint density at radius 3 is 2.63 bits per heavy atom. The van der Waals surface area contributed by atoms with Gasteiger partial charge in [0, 0.05) is 21.3 Å². The number of halogens is 4. The molecule has 0 saturated heterocycles. The quantitative estimate of drug-likeness (QED) is 0.834.